The van der Waals surface area contributed by atoms with Gasteiger partial charge in [0.05, 0.1) is 5.69 Å². The fourth-order valence-corrected chi connectivity index (χ4v) is 2.93. The molecule has 1 N–H and O–H groups in total. The van der Waals surface area contributed by atoms with Crippen LogP contribution in [0.1, 0.15) is 5.56 Å². The van der Waals surface area contributed by atoms with Crippen molar-refractivity contribution in [1.29, 1.82) is 0 Å². The van der Waals surface area contributed by atoms with E-state index in [4.69, 9.17) is 0 Å². The van der Waals surface area contributed by atoms with Gasteiger partial charge in [-0.3, -0.25) is 4.99 Å². The minimum atomic E-state index is 0.327. The summed E-state index contributed by atoms with van der Waals surface area (Å²) in [6.45, 7) is 0. The lowest BCUT2D eigenvalue weighted by atomic mass is 9.96. The maximum atomic E-state index is 10.6. The molecule has 2 heteroatoms. The zero-order chi connectivity index (χ0) is 15.6. The van der Waals surface area contributed by atoms with Crippen LogP contribution in [0.15, 0.2) is 83.9 Å². The third kappa shape index (κ3) is 2.34. The van der Waals surface area contributed by atoms with E-state index in [2.05, 4.69) is 4.99 Å². The summed E-state index contributed by atoms with van der Waals surface area (Å²) in [4.78, 5) is 4.60. The van der Waals surface area contributed by atoms with Gasteiger partial charge in [0.1, 0.15) is 5.75 Å². The zero-order valence-electron chi connectivity index (χ0n) is 12.5. The number of phenols is 1. The molecule has 0 radical (unpaired) electrons. The summed E-state index contributed by atoms with van der Waals surface area (Å²) < 4.78 is 0. The standard InChI is InChI=1S/C21H15NO/c23-21-18-12-6-4-10-16(18)20(17-11-5-7-13-19(17)21)14-22-15-8-2-1-3-9-15/h1-14,23H. The van der Waals surface area contributed by atoms with Crippen molar-refractivity contribution in [3.8, 4) is 5.75 Å². The molecule has 0 aliphatic heterocycles. The van der Waals surface area contributed by atoms with E-state index in [-0.39, 0.29) is 0 Å². The van der Waals surface area contributed by atoms with Gasteiger partial charge in [-0.15, -0.1) is 0 Å². The molecule has 2 nitrogen and oxygen atoms in total. The minimum Gasteiger partial charge on any atom is -0.507 e. The molecule has 0 bridgehead atoms. The number of rotatable bonds is 2. The highest BCUT2D eigenvalue weighted by Crippen LogP contribution is 2.36. The lowest BCUT2D eigenvalue weighted by Crippen LogP contribution is -1.89. The molecular formula is C21H15NO. The van der Waals surface area contributed by atoms with Crippen LogP contribution < -0.4 is 0 Å². The molecule has 0 aliphatic carbocycles. The number of fused-ring (bicyclic) bond motifs is 2. The van der Waals surface area contributed by atoms with E-state index in [1.54, 1.807) is 0 Å². The van der Waals surface area contributed by atoms with Crippen molar-refractivity contribution >= 4 is 33.4 Å². The largest absolute Gasteiger partial charge is 0.507 e. The summed E-state index contributed by atoms with van der Waals surface area (Å²) in [7, 11) is 0. The second kappa shape index (κ2) is 5.58. The van der Waals surface area contributed by atoms with E-state index >= 15 is 0 Å². The highest BCUT2D eigenvalue weighted by atomic mass is 16.3. The van der Waals surface area contributed by atoms with Gasteiger partial charge in [-0.05, 0) is 22.9 Å². The molecule has 4 rings (SSSR count). The molecule has 0 fully saturated rings. The maximum Gasteiger partial charge on any atom is 0.131 e. The van der Waals surface area contributed by atoms with Crippen LogP contribution >= 0.6 is 0 Å². The average molecular weight is 297 g/mol. The predicted molar refractivity (Wildman–Crippen MR) is 96.8 cm³/mol. The van der Waals surface area contributed by atoms with Gasteiger partial charge in [0.25, 0.3) is 0 Å². The first-order valence-corrected chi connectivity index (χ1v) is 7.56. The van der Waals surface area contributed by atoms with Crippen molar-refractivity contribution in [3.63, 3.8) is 0 Å². The maximum absolute atomic E-state index is 10.6. The van der Waals surface area contributed by atoms with Crippen LogP contribution in [0.5, 0.6) is 5.75 Å². The topological polar surface area (TPSA) is 32.6 Å². The second-order valence-corrected chi connectivity index (χ2v) is 5.45. The van der Waals surface area contributed by atoms with Crippen molar-refractivity contribution in [2.24, 2.45) is 4.99 Å². The van der Waals surface area contributed by atoms with Crippen molar-refractivity contribution in [2.45, 2.75) is 0 Å². The van der Waals surface area contributed by atoms with Crippen LogP contribution in [0.25, 0.3) is 21.5 Å². The van der Waals surface area contributed by atoms with Gasteiger partial charge < -0.3 is 5.11 Å². The summed E-state index contributed by atoms with van der Waals surface area (Å²) in [6.07, 6.45) is 1.89. The summed E-state index contributed by atoms with van der Waals surface area (Å²) >= 11 is 0. The van der Waals surface area contributed by atoms with Crippen LogP contribution in [-0.2, 0) is 0 Å². The van der Waals surface area contributed by atoms with Crippen molar-refractivity contribution < 1.29 is 5.11 Å². The summed E-state index contributed by atoms with van der Waals surface area (Å²) in [6, 6.07) is 25.6. The Bertz CT molecular complexity index is 963. The Kier molecular flexibility index (Phi) is 3.28. The van der Waals surface area contributed by atoms with Crippen LogP contribution in [0.4, 0.5) is 5.69 Å². The molecule has 0 spiro atoms. The third-order valence-corrected chi connectivity index (χ3v) is 4.04. The molecule has 0 unspecified atom stereocenters. The molecule has 4 aromatic rings. The van der Waals surface area contributed by atoms with Gasteiger partial charge >= 0.3 is 0 Å². The zero-order valence-corrected chi connectivity index (χ0v) is 12.5. The molecule has 0 heterocycles. The number of para-hydroxylation sites is 1. The van der Waals surface area contributed by atoms with Gasteiger partial charge in [-0.25, -0.2) is 0 Å². The Morgan fingerprint density at radius 3 is 1.65 bits per heavy atom. The lowest BCUT2D eigenvalue weighted by Gasteiger charge is -2.10. The van der Waals surface area contributed by atoms with Gasteiger partial charge in [0, 0.05) is 22.6 Å². The van der Waals surface area contributed by atoms with E-state index in [1.165, 1.54) is 0 Å². The normalized spacial score (nSPS) is 11.5. The third-order valence-electron chi connectivity index (χ3n) is 4.04. The van der Waals surface area contributed by atoms with E-state index in [9.17, 15) is 5.11 Å². The first-order chi connectivity index (χ1) is 11.3. The van der Waals surface area contributed by atoms with E-state index < -0.39 is 0 Å². The summed E-state index contributed by atoms with van der Waals surface area (Å²) in [5.41, 5.74) is 1.94. The van der Waals surface area contributed by atoms with Crippen LogP contribution in [0.2, 0.25) is 0 Å². The lowest BCUT2D eigenvalue weighted by molar-refractivity contribution is 0.488. The number of hydrogen-bond acceptors (Lipinski definition) is 2. The summed E-state index contributed by atoms with van der Waals surface area (Å²) in [5.74, 6) is 0.327. The van der Waals surface area contributed by atoms with Crippen molar-refractivity contribution in [1.82, 2.24) is 0 Å². The van der Waals surface area contributed by atoms with E-state index in [0.717, 1.165) is 32.8 Å². The van der Waals surface area contributed by atoms with Gasteiger partial charge in [-0.1, -0.05) is 66.7 Å². The fraction of sp³-hybridized carbons (Fsp3) is 0. The molecule has 0 amide bonds. The molecule has 110 valence electrons. The molecule has 0 aromatic heterocycles. The van der Waals surface area contributed by atoms with E-state index in [1.807, 2.05) is 85.1 Å². The Hall–Kier alpha value is -3.13. The van der Waals surface area contributed by atoms with Crippen molar-refractivity contribution in [3.05, 3.63) is 84.4 Å². The van der Waals surface area contributed by atoms with Crippen LogP contribution in [0, 0.1) is 0 Å². The average Bonchev–Trinajstić information content (AvgIpc) is 2.63. The Balaban J connectivity index is 2.03. The number of aromatic hydroxyl groups is 1. The predicted octanol–water partition coefficient (Wildman–Crippen LogP) is 5.45. The van der Waals surface area contributed by atoms with E-state index in [0.29, 0.717) is 5.75 Å². The van der Waals surface area contributed by atoms with Gasteiger partial charge in [-0.2, -0.15) is 0 Å². The number of phenolic OH excluding ortho intramolecular Hbond substituents is 1. The van der Waals surface area contributed by atoms with Crippen molar-refractivity contribution in [2.75, 3.05) is 0 Å². The molecule has 0 saturated carbocycles. The SMILES string of the molecule is Oc1c2ccccc2c(C=Nc2ccccc2)c2ccccc12. The summed E-state index contributed by atoms with van der Waals surface area (Å²) in [5, 5.41) is 14.3. The first kappa shape index (κ1) is 13.5. The monoisotopic (exact) mass is 297 g/mol. The van der Waals surface area contributed by atoms with Gasteiger partial charge in [0.15, 0.2) is 0 Å². The molecular weight excluding hydrogens is 282 g/mol. The number of nitrogens with zero attached hydrogens (tertiary/aromatic N) is 1. The Labute approximate surface area is 134 Å². The van der Waals surface area contributed by atoms with Crippen LogP contribution in [-0.4, -0.2) is 11.3 Å². The highest BCUT2D eigenvalue weighted by molar-refractivity contribution is 6.17. The second-order valence-electron chi connectivity index (χ2n) is 5.45. The fourth-order valence-electron chi connectivity index (χ4n) is 2.93. The first-order valence-electron chi connectivity index (χ1n) is 7.56. The number of hydrogen-bond donors (Lipinski definition) is 1. The molecule has 4 aromatic carbocycles. The number of benzene rings is 4. The van der Waals surface area contributed by atoms with Gasteiger partial charge in [0.2, 0.25) is 0 Å². The Morgan fingerprint density at radius 2 is 1.09 bits per heavy atom. The number of aliphatic imine (C=N–C) groups is 1. The quantitative estimate of drug-likeness (QED) is 0.387. The minimum absolute atomic E-state index is 0.327. The highest BCUT2D eigenvalue weighted by Gasteiger charge is 2.11. The molecule has 0 atom stereocenters. The smallest absolute Gasteiger partial charge is 0.131 e. The molecule has 23 heavy (non-hydrogen) atoms. The molecule has 0 saturated heterocycles. The van der Waals surface area contributed by atoms with Crippen LogP contribution in [0.3, 0.4) is 0 Å². The Morgan fingerprint density at radius 1 is 0.609 bits per heavy atom. The molecule has 0 aliphatic rings.